The summed E-state index contributed by atoms with van der Waals surface area (Å²) in [5.41, 5.74) is 1.09. The van der Waals surface area contributed by atoms with Crippen molar-refractivity contribution in [3.05, 3.63) is 59.7 Å². The number of nitrogens with one attached hydrogen (secondary N) is 2. The third-order valence-corrected chi connectivity index (χ3v) is 7.14. The molecular formula is C22H27N3O4S. The van der Waals surface area contributed by atoms with Gasteiger partial charge in [-0.25, -0.2) is 8.42 Å². The molecule has 1 heterocycles. The molecule has 30 heavy (non-hydrogen) atoms. The summed E-state index contributed by atoms with van der Waals surface area (Å²) in [4.78, 5) is 25.4. The highest BCUT2D eigenvalue weighted by Crippen LogP contribution is 2.22. The minimum absolute atomic E-state index is 0.0198. The molecule has 7 nitrogen and oxygen atoms in total. The van der Waals surface area contributed by atoms with Gasteiger partial charge in [0, 0.05) is 24.7 Å². The SMILES string of the molecule is CCC(C)NC(=O)c1ccccc1NC(=O)c1ccc(S(=O)(=O)N2CCCC2)cc1. The predicted molar refractivity (Wildman–Crippen MR) is 116 cm³/mol. The Bertz CT molecular complexity index is 1010. The van der Waals surface area contributed by atoms with Gasteiger partial charge >= 0.3 is 0 Å². The maximum Gasteiger partial charge on any atom is 0.255 e. The van der Waals surface area contributed by atoms with E-state index in [0.29, 0.717) is 29.9 Å². The highest BCUT2D eigenvalue weighted by Gasteiger charge is 2.27. The fourth-order valence-corrected chi connectivity index (χ4v) is 4.76. The number of carbonyl (C=O) groups is 2. The smallest absolute Gasteiger partial charge is 0.255 e. The van der Waals surface area contributed by atoms with Crippen LogP contribution in [0.4, 0.5) is 5.69 Å². The van der Waals surface area contributed by atoms with E-state index in [2.05, 4.69) is 10.6 Å². The van der Waals surface area contributed by atoms with Gasteiger partial charge in [-0.05, 0) is 62.6 Å². The maximum absolute atomic E-state index is 12.7. The second kappa shape index (κ2) is 9.40. The van der Waals surface area contributed by atoms with Crippen LogP contribution in [0.5, 0.6) is 0 Å². The number of hydrogen-bond acceptors (Lipinski definition) is 4. The van der Waals surface area contributed by atoms with E-state index in [1.807, 2.05) is 13.8 Å². The van der Waals surface area contributed by atoms with Crippen molar-refractivity contribution in [1.82, 2.24) is 9.62 Å². The van der Waals surface area contributed by atoms with E-state index in [9.17, 15) is 18.0 Å². The molecule has 1 fully saturated rings. The molecule has 1 aliphatic heterocycles. The first-order chi connectivity index (χ1) is 14.3. The van der Waals surface area contributed by atoms with Crippen LogP contribution >= 0.6 is 0 Å². The molecule has 0 aromatic heterocycles. The summed E-state index contributed by atoms with van der Waals surface area (Å²) in [6.45, 7) is 4.95. The lowest BCUT2D eigenvalue weighted by Gasteiger charge is -2.16. The summed E-state index contributed by atoms with van der Waals surface area (Å²) in [6, 6.07) is 12.7. The Labute approximate surface area is 177 Å². The molecule has 0 radical (unpaired) electrons. The summed E-state index contributed by atoms with van der Waals surface area (Å²) >= 11 is 0. The van der Waals surface area contributed by atoms with Crippen LogP contribution in [0.1, 0.15) is 53.8 Å². The fraction of sp³-hybridized carbons (Fsp3) is 0.364. The largest absolute Gasteiger partial charge is 0.350 e. The topological polar surface area (TPSA) is 95.6 Å². The molecule has 1 aliphatic rings. The number of hydrogen-bond donors (Lipinski definition) is 2. The van der Waals surface area contributed by atoms with Gasteiger partial charge < -0.3 is 10.6 Å². The van der Waals surface area contributed by atoms with Crippen molar-refractivity contribution in [2.24, 2.45) is 0 Å². The molecule has 0 bridgehead atoms. The first-order valence-corrected chi connectivity index (χ1v) is 11.6. The Morgan fingerprint density at radius 1 is 1.00 bits per heavy atom. The van der Waals surface area contributed by atoms with Crippen LogP contribution in [0.2, 0.25) is 0 Å². The third kappa shape index (κ3) is 4.88. The van der Waals surface area contributed by atoms with Crippen LogP contribution in [0.15, 0.2) is 53.4 Å². The quantitative estimate of drug-likeness (QED) is 0.706. The average molecular weight is 430 g/mol. The van der Waals surface area contributed by atoms with Gasteiger partial charge in [0.15, 0.2) is 0 Å². The molecular weight excluding hydrogens is 402 g/mol. The zero-order valence-electron chi connectivity index (χ0n) is 17.2. The van der Waals surface area contributed by atoms with Gasteiger partial charge in [-0.15, -0.1) is 0 Å². The molecule has 0 saturated carbocycles. The number of carbonyl (C=O) groups excluding carboxylic acids is 2. The van der Waals surface area contributed by atoms with Gasteiger partial charge in [-0.2, -0.15) is 4.31 Å². The van der Waals surface area contributed by atoms with Crippen LogP contribution in [-0.4, -0.2) is 43.7 Å². The van der Waals surface area contributed by atoms with E-state index < -0.39 is 15.9 Å². The summed E-state index contributed by atoms with van der Waals surface area (Å²) in [6.07, 6.45) is 2.53. The van der Waals surface area contributed by atoms with E-state index in [0.717, 1.165) is 19.3 Å². The van der Waals surface area contributed by atoms with Crippen molar-refractivity contribution >= 4 is 27.5 Å². The monoisotopic (exact) mass is 429 g/mol. The molecule has 0 spiro atoms. The van der Waals surface area contributed by atoms with Gasteiger partial charge in [0.1, 0.15) is 0 Å². The molecule has 3 rings (SSSR count). The summed E-state index contributed by atoms with van der Waals surface area (Å²) in [5, 5.41) is 5.64. The standard InChI is InChI=1S/C22H27N3O4S/c1-3-16(2)23-22(27)19-8-4-5-9-20(19)24-21(26)17-10-12-18(13-11-17)30(28,29)25-14-6-7-15-25/h4-5,8-13,16H,3,6-7,14-15H2,1-2H3,(H,23,27)(H,24,26). The highest BCUT2D eigenvalue weighted by atomic mass is 32.2. The average Bonchev–Trinajstić information content (AvgIpc) is 3.30. The van der Waals surface area contributed by atoms with Crippen molar-refractivity contribution < 1.29 is 18.0 Å². The molecule has 1 saturated heterocycles. The van der Waals surface area contributed by atoms with Gasteiger partial charge in [0.25, 0.3) is 11.8 Å². The number of rotatable bonds is 7. The first kappa shape index (κ1) is 22.0. The molecule has 2 aromatic carbocycles. The van der Waals surface area contributed by atoms with E-state index in [-0.39, 0.29) is 16.8 Å². The van der Waals surface area contributed by atoms with E-state index >= 15 is 0 Å². The number of amides is 2. The lowest BCUT2D eigenvalue weighted by molar-refractivity contribution is 0.0940. The molecule has 0 aliphatic carbocycles. The normalized spacial score (nSPS) is 15.5. The van der Waals surface area contributed by atoms with Gasteiger partial charge in [-0.1, -0.05) is 19.1 Å². The maximum atomic E-state index is 12.7. The lowest BCUT2D eigenvalue weighted by Crippen LogP contribution is -2.32. The summed E-state index contributed by atoms with van der Waals surface area (Å²) in [5.74, 6) is -0.670. The van der Waals surface area contributed by atoms with Crippen molar-refractivity contribution in [3.8, 4) is 0 Å². The van der Waals surface area contributed by atoms with E-state index in [1.54, 1.807) is 24.3 Å². The third-order valence-electron chi connectivity index (χ3n) is 5.23. The van der Waals surface area contributed by atoms with Crippen LogP contribution in [0, 0.1) is 0 Å². The van der Waals surface area contributed by atoms with Crippen LogP contribution in [0.3, 0.4) is 0 Å². The zero-order valence-corrected chi connectivity index (χ0v) is 18.0. The number of sulfonamides is 1. The highest BCUT2D eigenvalue weighted by molar-refractivity contribution is 7.89. The van der Waals surface area contributed by atoms with Crippen LogP contribution < -0.4 is 10.6 Å². The zero-order chi connectivity index (χ0) is 21.7. The lowest BCUT2D eigenvalue weighted by atomic mass is 10.1. The predicted octanol–water partition coefficient (Wildman–Crippen LogP) is 3.25. The number of benzene rings is 2. The minimum atomic E-state index is -3.52. The van der Waals surface area contributed by atoms with Crippen molar-refractivity contribution in [3.63, 3.8) is 0 Å². The molecule has 2 amide bonds. The van der Waals surface area contributed by atoms with Gasteiger partial charge in [-0.3, -0.25) is 9.59 Å². The Morgan fingerprint density at radius 2 is 1.63 bits per heavy atom. The van der Waals surface area contributed by atoms with E-state index in [4.69, 9.17) is 0 Å². The second-order valence-corrected chi connectivity index (χ2v) is 9.36. The Morgan fingerprint density at radius 3 is 2.27 bits per heavy atom. The molecule has 8 heteroatoms. The van der Waals surface area contributed by atoms with Gasteiger partial charge in [0.05, 0.1) is 16.1 Å². The molecule has 1 atom stereocenters. The summed E-state index contributed by atoms with van der Waals surface area (Å²) in [7, 11) is -3.52. The molecule has 160 valence electrons. The second-order valence-electron chi connectivity index (χ2n) is 7.42. The Balaban J connectivity index is 1.75. The Kier molecular flexibility index (Phi) is 6.89. The Hall–Kier alpha value is -2.71. The van der Waals surface area contributed by atoms with Crippen molar-refractivity contribution in [2.45, 2.75) is 44.0 Å². The number of nitrogens with zero attached hydrogens (tertiary/aromatic N) is 1. The van der Waals surface area contributed by atoms with Crippen LogP contribution in [0.25, 0.3) is 0 Å². The number of anilines is 1. The van der Waals surface area contributed by atoms with Gasteiger partial charge in [0.2, 0.25) is 10.0 Å². The van der Waals surface area contributed by atoms with Crippen molar-refractivity contribution in [1.29, 1.82) is 0 Å². The minimum Gasteiger partial charge on any atom is -0.350 e. The van der Waals surface area contributed by atoms with Crippen LogP contribution in [-0.2, 0) is 10.0 Å². The first-order valence-electron chi connectivity index (χ1n) is 10.1. The molecule has 2 aromatic rings. The molecule has 2 N–H and O–H groups in total. The van der Waals surface area contributed by atoms with E-state index in [1.165, 1.54) is 28.6 Å². The molecule has 1 unspecified atom stereocenters. The van der Waals surface area contributed by atoms with Crippen molar-refractivity contribution in [2.75, 3.05) is 18.4 Å². The summed E-state index contributed by atoms with van der Waals surface area (Å²) < 4.78 is 26.7. The number of para-hydroxylation sites is 1. The fourth-order valence-electron chi connectivity index (χ4n) is 3.24.